The van der Waals surface area contributed by atoms with Crippen molar-refractivity contribution in [1.82, 2.24) is 9.97 Å². The summed E-state index contributed by atoms with van der Waals surface area (Å²) >= 11 is 0. The maximum Gasteiger partial charge on any atom is 0.0439 e. The van der Waals surface area contributed by atoms with E-state index in [1.54, 1.807) is 18.6 Å². The number of pyridine rings is 2. The van der Waals surface area contributed by atoms with Crippen molar-refractivity contribution in [3.05, 3.63) is 60.7 Å². The van der Waals surface area contributed by atoms with Crippen molar-refractivity contribution in [2.45, 2.75) is 6.54 Å². The van der Waals surface area contributed by atoms with Crippen LogP contribution in [-0.2, 0) is 6.54 Å². The van der Waals surface area contributed by atoms with Crippen LogP contribution in [0.2, 0.25) is 0 Å². The van der Waals surface area contributed by atoms with Gasteiger partial charge in [-0.3, -0.25) is 9.97 Å². The van der Waals surface area contributed by atoms with Gasteiger partial charge >= 0.3 is 0 Å². The highest BCUT2D eigenvalue weighted by Crippen LogP contribution is 2.27. The molecular weight excluding hydrogens is 236 g/mol. The molecule has 0 bridgehead atoms. The van der Waals surface area contributed by atoms with Crippen molar-refractivity contribution < 1.29 is 0 Å². The Labute approximate surface area is 111 Å². The third-order valence-electron chi connectivity index (χ3n) is 3.08. The molecule has 0 atom stereocenters. The largest absolute Gasteiger partial charge is 0.398 e. The van der Waals surface area contributed by atoms with Gasteiger partial charge in [-0.2, -0.15) is 0 Å². The molecule has 0 fully saturated rings. The Morgan fingerprint density at radius 2 is 1.68 bits per heavy atom. The Hall–Kier alpha value is -2.62. The summed E-state index contributed by atoms with van der Waals surface area (Å²) in [6.07, 6.45) is 7.17. The van der Waals surface area contributed by atoms with Crippen molar-refractivity contribution >= 4 is 22.1 Å². The minimum atomic E-state index is 0.746. The molecule has 0 spiro atoms. The standard InChI is InChI=1S/C15H14N4/c16-14-1-2-15(13-10-18-8-5-12(13)14)19-9-11-3-6-17-7-4-11/h1-8,10,19H,9,16H2. The predicted molar refractivity (Wildman–Crippen MR) is 77.7 cm³/mol. The summed E-state index contributed by atoms with van der Waals surface area (Å²) in [6.45, 7) is 0.746. The molecule has 0 saturated carbocycles. The Morgan fingerprint density at radius 1 is 0.895 bits per heavy atom. The van der Waals surface area contributed by atoms with Gasteiger partial charge in [-0.15, -0.1) is 0 Å². The van der Waals surface area contributed by atoms with Gasteiger partial charge in [0.1, 0.15) is 0 Å². The van der Waals surface area contributed by atoms with Crippen molar-refractivity contribution in [1.29, 1.82) is 0 Å². The second-order valence-corrected chi connectivity index (χ2v) is 4.33. The molecule has 4 heteroatoms. The zero-order chi connectivity index (χ0) is 13.1. The molecule has 0 aliphatic carbocycles. The van der Waals surface area contributed by atoms with Crippen LogP contribution in [-0.4, -0.2) is 9.97 Å². The lowest BCUT2D eigenvalue weighted by Gasteiger charge is -2.11. The molecule has 0 amide bonds. The van der Waals surface area contributed by atoms with Crippen LogP contribution in [0, 0.1) is 0 Å². The quantitative estimate of drug-likeness (QED) is 0.702. The zero-order valence-corrected chi connectivity index (χ0v) is 10.4. The number of hydrogen-bond donors (Lipinski definition) is 2. The van der Waals surface area contributed by atoms with Gasteiger partial charge in [-0.25, -0.2) is 0 Å². The summed E-state index contributed by atoms with van der Waals surface area (Å²) < 4.78 is 0. The second kappa shape index (κ2) is 4.94. The van der Waals surface area contributed by atoms with E-state index in [1.807, 2.05) is 36.5 Å². The number of rotatable bonds is 3. The average Bonchev–Trinajstić information content (AvgIpc) is 2.48. The van der Waals surface area contributed by atoms with Gasteiger partial charge in [0.2, 0.25) is 0 Å². The summed E-state index contributed by atoms with van der Waals surface area (Å²) in [5, 5.41) is 5.47. The molecule has 2 heterocycles. The maximum absolute atomic E-state index is 5.97. The van der Waals surface area contributed by atoms with E-state index >= 15 is 0 Å². The molecule has 0 saturated heterocycles. The molecule has 3 rings (SSSR count). The van der Waals surface area contributed by atoms with E-state index < -0.39 is 0 Å². The molecule has 0 unspecified atom stereocenters. The van der Waals surface area contributed by atoms with Crippen LogP contribution in [0.25, 0.3) is 10.8 Å². The van der Waals surface area contributed by atoms with Gasteiger partial charge < -0.3 is 11.1 Å². The molecule has 1 aromatic carbocycles. The van der Waals surface area contributed by atoms with E-state index in [9.17, 15) is 0 Å². The summed E-state index contributed by atoms with van der Waals surface area (Å²) in [5.74, 6) is 0. The minimum Gasteiger partial charge on any atom is -0.398 e. The highest BCUT2D eigenvalue weighted by molar-refractivity contribution is 6.00. The Bertz CT molecular complexity index is 695. The Morgan fingerprint density at radius 3 is 2.53 bits per heavy atom. The van der Waals surface area contributed by atoms with Gasteiger partial charge in [0, 0.05) is 53.5 Å². The van der Waals surface area contributed by atoms with E-state index in [0.29, 0.717) is 0 Å². The van der Waals surface area contributed by atoms with E-state index in [0.717, 1.165) is 28.7 Å². The lowest BCUT2D eigenvalue weighted by molar-refractivity contribution is 1.13. The topological polar surface area (TPSA) is 63.8 Å². The fourth-order valence-electron chi connectivity index (χ4n) is 2.07. The average molecular weight is 250 g/mol. The summed E-state index contributed by atoms with van der Waals surface area (Å²) in [5.41, 5.74) is 8.96. The third kappa shape index (κ3) is 2.33. The zero-order valence-electron chi connectivity index (χ0n) is 10.4. The first-order valence-electron chi connectivity index (χ1n) is 6.09. The number of nitrogens with two attached hydrogens (primary N) is 1. The van der Waals surface area contributed by atoms with Gasteiger partial charge in [-0.05, 0) is 35.9 Å². The number of hydrogen-bond acceptors (Lipinski definition) is 4. The lowest BCUT2D eigenvalue weighted by atomic mass is 10.1. The number of nitrogen functional groups attached to an aromatic ring is 1. The monoisotopic (exact) mass is 250 g/mol. The van der Waals surface area contributed by atoms with Gasteiger partial charge in [-0.1, -0.05) is 0 Å². The summed E-state index contributed by atoms with van der Waals surface area (Å²) in [4.78, 5) is 8.17. The maximum atomic E-state index is 5.97. The molecule has 3 N–H and O–H groups in total. The van der Waals surface area contributed by atoms with Gasteiger partial charge in [0.15, 0.2) is 0 Å². The smallest absolute Gasteiger partial charge is 0.0439 e. The van der Waals surface area contributed by atoms with E-state index in [-0.39, 0.29) is 0 Å². The molecule has 19 heavy (non-hydrogen) atoms. The van der Waals surface area contributed by atoms with E-state index in [1.165, 1.54) is 5.56 Å². The predicted octanol–water partition coefficient (Wildman–Crippen LogP) is 2.82. The van der Waals surface area contributed by atoms with Gasteiger partial charge in [0.25, 0.3) is 0 Å². The van der Waals surface area contributed by atoms with Crippen LogP contribution < -0.4 is 11.1 Å². The highest BCUT2D eigenvalue weighted by atomic mass is 14.9. The second-order valence-electron chi connectivity index (χ2n) is 4.33. The summed E-state index contributed by atoms with van der Waals surface area (Å²) in [7, 11) is 0. The van der Waals surface area contributed by atoms with Crippen molar-refractivity contribution in [3.63, 3.8) is 0 Å². The number of nitrogens with zero attached hydrogens (tertiary/aromatic N) is 2. The highest BCUT2D eigenvalue weighted by Gasteiger charge is 2.03. The molecule has 0 radical (unpaired) electrons. The fourth-order valence-corrected chi connectivity index (χ4v) is 2.07. The normalized spacial score (nSPS) is 10.5. The first kappa shape index (κ1) is 11.5. The molecular formula is C15H14N4. The van der Waals surface area contributed by atoms with Crippen LogP contribution in [0.1, 0.15) is 5.56 Å². The number of nitrogens with one attached hydrogen (secondary N) is 1. The molecule has 2 aromatic heterocycles. The van der Waals surface area contributed by atoms with E-state index in [4.69, 9.17) is 5.73 Å². The SMILES string of the molecule is Nc1ccc(NCc2ccncc2)c2cnccc12. The number of anilines is 2. The van der Waals surface area contributed by atoms with Crippen LogP contribution in [0.3, 0.4) is 0 Å². The van der Waals surface area contributed by atoms with Crippen molar-refractivity contribution in [2.75, 3.05) is 11.1 Å². The summed E-state index contributed by atoms with van der Waals surface area (Å²) in [6, 6.07) is 9.81. The molecule has 4 nitrogen and oxygen atoms in total. The number of aromatic nitrogens is 2. The van der Waals surface area contributed by atoms with Crippen molar-refractivity contribution in [2.24, 2.45) is 0 Å². The Kier molecular flexibility index (Phi) is 2.98. The van der Waals surface area contributed by atoms with E-state index in [2.05, 4.69) is 15.3 Å². The fraction of sp³-hybridized carbons (Fsp3) is 0.0667. The lowest BCUT2D eigenvalue weighted by Crippen LogP contribution is -2.01. The molecule has 94 valence electrons. The number of fused-ring (bicyclic) bond motifs is 1. The van der Waals surface area contributed by atoms with Crippen molar-refractivity contribution in [3.8, 4) is 0 Å². The van der Waals surface area contributed by atoms with Crippen LogP contribution in [0.15, 0.2) is 55.1 Å². The third-order valence-corrected chi connectivity index (χ3v) is 3.08. The van der Waals surface area contributed by atoms with Crippen LogP contribution in [0.5, 0.6) is 0 Å². The van der Waals surface area contributed by atoms with Crippen LogP contribution >= 0.6 is 0 Å². The van der Waals surface area contributed by atoms with Crippen LogP contribution in [0.4, 0.5) is 11.4 Å². The minimum absolute atomic E-state index is 0.746. The first-order valence-corrected chi connectivity index (χ1v) is 6.09. The van der Waals surface area contributed by atoms with Gasteiger partial charge in [0.05, 0.1) is 0 Å². The molecule has 0 aliphatic rings. The number of benzene rings is 1. The molecule has 3 aromatic rings. The molecule has 0 aliphatic heterocycles. The Balaban J connectivity index is 1.91. The first-order chi connectivity index (χ1) is 9.34.